The Labute approximate surface area is 105 Å². The molecule has 0 aliphatic carbocycles. The first-order chi connectivity index (χ1) is 7.41. The number of carbonyl (C=O) groups is 1. The minimum absolute atomic E-state index is 0. The highest BCUT2D eigenvalue weighted by molar-refractivity contribution is 5.85. The van der Waals surface area contributed by atoms with E-state index in [2.05, 4.69) is 5.32 Å². The number of nitrogens with one attached hydrogen (secondary N) is 1. The molecule has 0 saturated heterocycles. The molecule has 0 bridgehead atoms. The maximum absolute atomic E-state index is 12.9. The third-order valence-electron chi connectivity index (χ3n) is 2.22. The standard InChI is InChI=1S/C11H14F2N2O.ClH/c1-6(14)11(16)15-7(2)8-3-4-9(12)10(13)5-8;/h3-7H,14H2,1-2H3,(H,15,16);1H/t6-,7?;/m1./s1. The van der Waals surface area contributed by atoms with Crippen LogP contribution in [-0.4, -0.2) is 11.9 Å². The molecule has 3 N–H and O–H groups in total. The van der Waals surface area contributed by atoms with Gasteiger partial charge in [0.2, 0.25) is 5.91 Å². The molecule has 1 aromatic rings. The molecule has 0 spiro atoms. The van der Waals surface area contributed by atoms with E-state index in [-0.39, 0.29) is 18.3 Å². The molecule has 1 unspecified atom stereocenters. The summed E-state index contributed by atoms with van der Waals surface area (Å²) >= 11 is 0. The van der Waals surface area contributed by atoms with E-state index in [1.54, 1.807) is 13.8 Å². The van der Waals surface area contributed by atoms with E-state index < -0.39 is 23.7 Å². The van der Waals surface area contributed by atoms with Crippen LogP contribution in [0.1, 0.15) is 25.5 Å². The number of carbonyl (C=O) groups excluding carboxylic acids is 1. The third kappa shape index (κ3) is 4.28. The van der Waals surface area contributed by atoms with Crippen LogP contribution in [0.3, 0.4) is 0 Å². The number of benzene rings is 1. The van der Waals surface area contributed by atoms with Crippen LogP contribution < -0.4 is 11.1 Å². The van der Waals surface area contributed by atoms with Crippen molar-refractivity contribution in [3.8, 4) is 0 Å². The highest BCUT2D eigenvalue weighted by Crippen LogP contribution is 2.15. The molecule has 0 aliphatic heterocycles. The molecule has 1 aromatic carbocycles. The minimum Gasteiger partial charge on any atom is -0.348 e. The SMILES string of the molecule is CC(NC(=O)[C@@H](C)N)c1ccc(F)c(F)c1.Cl. The molecule has 2 atom stereocenters. The van der Waals surface area contributed by atoms with Crippen molar-refractivity contribution in [3.63, 3.8) is 0 Å². The molecule has 96 valence electrons. The summed E-state index contributed by atoms with van der Waals surface area (Å²) in [6.07, 6.45) is 0. The predicted molar refractivity (Wildman–Crippen MR) is 63.8 cm³/mol. The van der Waals surface area contributed by atoms with E-state index in [0.717, 1.165) is 12.1 Å². The molecule has 0 heterocycles. The topological polar surface area (TPSA) is 55.1 Å². The van der Waals surface area contributed by atoms with Gasteiger partial charge in [-0.3, -0.25) is 4.79 Å². The molecule has 0 aliphatic rings. The van der Waals surface area contributed by atoms with Gasteiger partial charge in [0, 0.05) is 0 Å². The van der Waals surface area contributed by atoms with Crippen LogP contribution in [0.15, 0.2) is 18.2 Å². The molecule has 6 heteroatoms. The largest absolute Gasteiger partial charge is 0.348 e. The van der Waals surface area contributed by atoms with Gasteiger partial charge in [0.15, 0.2) is 11.6 Å². The highest BCUT2D eigenvalue weighted by atomic mass is 35.5. The maximum atomic E-state index is 12.9. The van der Waals surface area contributed by atoms with Gasteiger partial charge in [-0.1, -0.05) is 6.07 Å². The van der Waals surface area contributed by atoms with Gasteiger partial charge in [0.25, 0.3) is 0 Å². The monoisotopic (exact) mass is 264 g/mol. The van der Waals surface area contributed by atoms with E-state index in [4.69, 9.17) is 5.73 Å². The summed E-state index contributed by atoms with van der Waals surface area (Å²) in [7, 11) is 0. The van der Waals surface area contributed by atoms with Crippen LogP contribution in [0.25, 0.3) is 0 Å². The van der Waals surface area contributed by atoms with E-state index in [1.165, 1.54) is 6.07 Å². The number of rotatable bonds is 3. The van der Waals surface area contributed by atoms with Crippen molar-refractivity contribution in [2.24, 2.45) is 5.73 Å². The number of nitrogens with two attached hydrogens (primary N) is 1. The van der Waals surface area contributed by atoms with E-state index >= 15 is 0 Å². The molecule has 1 rings (SSSR count). The van der Waals surface area contributed by atoms with E-state index in [0.29, 0.717) is 5.56 Å². The average molecular weight is 265 g/mol. The van der Waals surface area contributed by atoms with Crippen molar-refractivity contribution in [2.45, 2.75) is 25.9 Å². The lowest BCUT2D eigenvalue weighted by Gasteiger charge is -2.16. The molecule has 0 saturated carbocycles. The first-order valence-corrected chi connectivity index (χ1v) is 4.92. The quantitative estimate of drug-likeness (QED) is 0.876. The first-order valence-electron chi connectivity index (χ1n) is 4.92. The molecule has 0 radical (unpaired) electrons. The van der Waals surface area contributed by atoms with Crippen LogP contribution >= 0.6 is 12.4 Å². The second-order valence-corrected chi connectivity index (χ2v) is 3.69. The summed E-state index contributed by atoms with van der Waals surface area (Å²) in [6, 6.07) is 2.46. The maximum Gasteiger partial charge on any atom is 0.237 e. The number of halogens is 3. The van der Waals surface area contributed by atoms with Crippen molar-refractivity contribution < 1.29 is 13.6 Å². The predicted octanol–water partition coefficient (Wildman–Crippen LogP) is 1.91. The van der Waals surface area contributed by atoms with Gasteiger partial charge < -0.3 is 11.1 Å². The Morgan fingerprint density at radius 2 is 1.88 bits per heavy atom. The summed E-state index contributed by atoms with van der Waals surface area (Å²) in [5.74, 6) is -2.17. The number of amides is 1. The second kappa shape index (κ2) is 6.51. The van der Waals surface area contributed by atoms with Crippen molar-refractivity contribution in [2.75, 3.05) is 0 Å². The fourth-order valence-corrected chi connectivity index (χ4v) is 1.21. The van der Waals surface area contributed by atoms with Gasteiger partial charge in [-0.05, 0) is 31.5 Å². The Bertz CT molecular complexity index is 399. The summed E-state index contributed by atoms with van der Waals surface area (Å²) in [5.41, 5.74) is 5.86. The smallest absolute Gasteiger partial charge is 0.237 e. The molecular weight excluding hydrogens is 250 g/mol. The van der Waals surface area contributed by atoms with Crippen molar-refractivity contribution in [1.29, 1.82) is 0 Å². The molecular formula is C11H15ClF2N2O. The van der Waals surface area contributed by atoms with Crippen LogP contribution in [0, 0.1) is 11.6 Å². The Balaban J connectivity index is 0.00000256. The zero-order valence-corrected chi connectivity index (χ0v) is 10.4. The van der Waals surface area contributed by atoms with Gasteiger partial charge in [0.05, 0.1) is 12.1 Å². The molecule has 0 fully saturated rings. The highest BCUT2D eigenvalue weighted by Gasteiger charge is 2.14. The number of hydrogen-bond donors (Lipinski definition) is 2. The lowest BCUT2D eigenvalue weighted by atomic mass is 10.1. The minimum atomic E-state index is -0.931. The second-order valence-electron chi connectivity index (χ2n) is 3.69. The fraction of sp³-hybridized carbons (Fsp3) is 0.364. The van der Waals surface area contributed by atoms with Crippen molar-refractivity contribution in [3.05, 3.63) is 35.4 Å². The van der Waals surface area contributed by atoms with Gasteiger partial charge in [-0.2, -0.15) is 0 Å². The Morgan fingerprint density at radius 1 is 1.29 bits per heavy atom. The zero-order chi connectivity index (χ0) is 12.3. The van der Waals surface area contributed by atoms with Gasteiger partial charge in [-0.25, -0.2) is 8.78 Å². The normalized spacial score (nSPS) is 13.5. The molecule has 0 aromatic heterocycles. The van der Waals surface area contributed by atoms with Crippen molar-refractivity contribution >= 4 is 18.3 Å². The summed E-state index contributed by atoms with van der Waals surface area (Å²) in [6.45, 7) is 3.22. The molecule has 17 heavy (non-hydrogen) atoms. The van der Waals surface area contributed by atoms with Crippen LogP contribution in [0.2, 0.25) is 0 Å². The third-order valence-corrected chi connectivity index (χ3v) is 2.22. The van der Waals surface area contributed by atoms with Gasteiger partial charge in [-0.15, -0.1) is 12.4 Å². The van der Waals surface area contributed by atoms with Gasteiger partial charge >= 0.3 is 0 Å². The van der Waals surface area contributed by atoms with Crippen LogP contribution in [-0.2, 0) is 4.79 Å². The Morgan fingerprint density at radius 3 is 2.35 bits per heavy atom. The van der Waals surface area contributed by atoms with Crippen LogP contribution in [0.4, 0.5) is 8.78 Å². The Kier molecular flexibility index (Phi) is 6.05. The van der Waals surface area contributed by atoms with Crippen molar-refractivity contribution in [1.82, 2.24) is 5.32 Å². The summed E-state index contributed by atoms with van der Waals surface area (Å²) in [5, 5.41) is 2.59. The lowest BCUT2D eigenvalue weighted by Crippen LogP contribution is -2.39. The van der Waals surface area contributed by atoms with E-state index in [1.807, 2.05) is 0 Å². The van der Waals surface area contributed by atoms with Crippen LogP contribution in [0.5, 0.6) is 0 Å². The summed E-state index contributed by atoms with van der Waals surface area (Å²) in [4.78, 5) is 11.3. The molecule has 3 nitrogen and oxygen atoms in total. The van der Waals surface area contributed by atoms with E-state index in [9.17, 15) is 13.6 Å². The van der Waals surface area contributed by atoms with Gasteiger partial charge in [0.1, 0.15) is 0 Å². The fourth-order valence-electron chi connectivity index (χ4n) is 1.21. The first kappa shape index (κ1) is 15.8. The summed E-state index contributed by atoms with van der Waals surface area (Å²) < 4.78 is 25.6. The lowest BCUT2D eigenvalue weighted by molar-refractivity contribution is -0.122. The molecule has 1 amide bonds. The average Bonchev–Trinajstić information content (AvgIpc) is 2.21. The zero-order valence-electron chi connectivity index (χ0n) is 9.54. The number of hydrogen-bond acceptors (Lipinski definition) is 2. The Hall–Kier alpha value is -1.20.